The first-order valence-corrected chi connectivity index (χ1v) is 9.61. The number of phenolic OH excluding ortho intramolecular Hbond substituents is 1. The summed E-state index contributed by atoms with van der Waals surface area (Å²) in [7, 11) is 0. The predicted octanol–water partition coefficient (Wildman–Crippen LogP) is 5.49. The second kappa shape index (κ2) is 7.66. The summed E-state index contributed by atoms with van der Waals surface area (Å²) in [6, 6.07) is 18.5. The average molecular weight is 393 g/mol. The van der Waals surface area contributed by atoms with Gasteiger partial charge in [-0.25, -0.2) is 8.78 Å². The molecule has 1 amide bonds. The topological polar surface area (TPSA) is 40.5 Å². The van der Waals surface area contributed by atoms with Crippen LogP contribution in [0.5, 0.6) is 5.75 Å². The zero-order chi connectivity index (χ0) is 20.5. The first kappa shape index (κ1) is 19.1. The van der Waals surface area contributed by atoms with Crippen molar-refractivity contribution in [2.75, 3.05) is 0 Å². The molecular formula is C24H21F2NO2. The zero-order valence-corrected chi connectivity index (χ0v) is 15.9. The highest BCUT2D eigenvalue weighted by Crippen LogP contribution is 2.51. The molecule has 0 radical (unpaired) electrons. The van der Waals surface area contributed by atoms with Gasteiger partial charge in [0.1, 0.15) is 17.4 Å². The van der Waals surface area contributed by atoms with Gasteiger partial charge in [-0.05, 0) is 59.5 Å². The molecule has 0 bridgehead atoms. The van der Waals surface area contributed by atoms with E-state index in [1.165, 1.54) is 24.3 Å². The summed E-state index contributed by atoms with van der Waals surface area (Å²) in [6.45, 7) is 1.99. The van der Waals surface area contributed by atoms with E-state index in [9.17, 15) is 18.7 Å². The van der Waals surface area contributed by atoms with Gasteiger partial charge in [-0.1, -0.05) is 43.3 Å². The second-order valence-corrected chi connectivity index (χ2v) is 7.29. The van der Waals surface area contributed by atoms with E-state index in [0.717, 1.165) is 16.7 Å². The minimum absolute atomic E-state index is 0.0501. The van der Waals surface area contributed by atoms with E-state index < -0.39 is 5.92 Å². The Hall–Kier alpha value is -3.21. The largest absolute Gasteiger partial charge is 0.508 e. The molecule has 4 rings (SSSR count). The van der Waals surface area contributed by atoms with Crippen LogP contribution in [0.4, 0.5) is 8.78 Å². The molecule has 0 saturated carbocycles. The molecule has 0 aromatic heterocycles. The second-order valence-electron chi connectivity index (χ2n) is 7.29. The fraction of sp³-hybridized carbons (Fsp3) is 0.208. The minimum Gasteiger partial charge on any atom is -0.508 e. The summed E-state index contributed by atoms with van der Waals surface area (Å²) in [5.74, 6) is -1.01. The molecule has 3 aromatic carbocycles. The van der Waals surface area contributed by atoms with Gasteiger partial charge in [-0.3, -0.25) is 4.79 Å². The van der Waals surface area contributed by atoms with Crippen molar-refractivity contribution >= 4 is 5.91 Å². The van der Waals surface area contributed by atoms with Gasteiger partial charge in [0.2, 0.25) is 5.91 Å². The number of phenols is 1. The summed E-state index contributed by atoms with van der Waals surface area (Å²) in [6.07, 6.45) is 0.669. The van der Waals surface area contributed by atoms with Crippen LogP contribution in [-0.4, -0.2) is 15.9 Å². The maximum Gasteiger partial charge on any atom is 0.233 e. The van der Waals surface area contributed by atoms with Crippen LogP contribution >= 0.6 is 0 Å². The number of benzene rings is 3. The normalized spacial score (nSPS) is 19.7. The third kappa shape index (κ3) is 3.48. The highest BCUT2D eigenvalue weighted by atomic mass is 19.1. The van der Waals surface area contributed by atoms with Crippen molar-refractivity contribution in [2.24, 2.45) is 0 Å². The van der Waals surface area contributed by atoms with E-state index >= 15 is 0 Å². The van der Waals surface area contributed by atoms with Gasteiger partial charge in [0.25, 0.3) is 0 Å². The van der Waals surface area contributed by atoms with Crippen molar-refractivity contribution in [1.29, 1.82) is 0 Å². The first-order chi connectivity index (χ1) is 14.0. The maximum atomic E-state index is 13.4. The Morgan fingerprint density at radius 2 is 1.38 bits per heavy atom. The Bertz CT molecular complexity index is 1000. The lowest BCUT2D eigenvalue weighted by Gasteiger charge is -2.51. The summed E-state index contributed by atoms with van der Waals surface area (Å²) in [4.78, 5) is 15.1. The molecule has 148 valence electrons. The standard InChI is InChI=1S/C24H21F2NO2/c1-2-21(15-3-9-18(25)10-4-15)27-23(17-7-13-20(28)14-8-17)22(24(27)29)16-5-11-19(26)12-6-16/h3-14,21-23,28H,2H2,1H3. The lowest BCUT2D eigenvalue weighted by Crippen LogP contribution is -2.54. The molecule has 1 fully saturated rings. The summed E-state index contributed by atoms with van der Waals surface area (Å²) in [5, 5.41) is 9.66. The highest BCUT2D eigenvalue weighted by Gasteiger charge is 2.51. The number of halogens is 2. The predicted molar refractivity (Wildman–Crippen MR) is 106 cm³/mol. The first-order valence-electron chi connectivity index (χ1n) is 9.61. The lowest BCUT2D eigenvalue weighted by atomic mass is 9.75. The van der Waals surface area contributed by atoms with E-state index in [1.807, 2.05) is 11.8 Å². The van der Waals surface area contributed by atoms with Gasteiger partial charge in [0.05, 0.1) is 18.0 Å². The van der Waals surface area contributed by atoms with E-state index in [0.29, 0.717) is 6.42 Å². The number of carbonyl (C=O) groups excluding carboxylic acids is 1. The fourth-order valence-corrected chi connectivity index (χ4v) is 4.16. The number of aromatic hydroxyl groups is 1. The maximum absolute atomic E-state index is 13.4. The van der Waals surface area contributed by atoms with Gasteiger partial charge < -0.3 is 10.0 Å². The van der Waals surface area contributed by atoms with Crippen LogP contribution in [0.2, 0.25) is 0 Å². The molecule has 1 heterocycles. The number of likely N-dealkylation sites (tertiary alicyclic amines) is 1. The molecule has 0 aliphatic carbocycles. The van der Waals surface area contributed by atoms with Crippen LogP contribution < -0.4 is 0 Å². The summed E-state index contributed by atoms with van der Waals surface area (Å²) < 4.78 is 26.8. The van der Waals surface area contributed by atoms with Crippen molar-refractivity contribution in [1.82, 2.24) is 4.90 Å². The number of hydrogen-bond acceptors (Lipinski definition) is 2. The van der Waals surface area contributed by atoms with Crippen LogP contribution in [0, 0.1) is 11.6 Å². The molecule has 1 aliphatic rings. The van der Waals surface area contributed by atoms with Gasteiger partial charge in [-0.15, -0.1) is 0 Å². The van der Waals surface area contributed by atoms with Crippen molar-refractivity contribution in [3.63, 3.8) is 0 Å². The fourth-order valence-electron chi connectivity index (χ4n) is 4.16. The van der Waals surface area contributed by atoms with E-state index in [4.69, 9.17) is 0 Å². The SMILES string of the molecule is CCC(c1ccc(F)cc1)N1C(=O)C(c2ccc(F)cc2)C1c1ccc(O)cc1. The molecule has 1 N–H and O–H groups in total. The Kier molecular flexibility index (Phi) is 5.05. The van der Waals surface area contributed by atoms with Gasteiger partial charge >= 0.3 is 0 Å². The molecule has 1 saturated heterocycles. The van der Waals surface area contributed by atoms with E-state index in [1.54, 1.807) is 48.5 Å². The molecule has 3 unspecified atom stereocenters. The van der Waals surface area contributed by atoms with Crippen molar-refractivity contribution in [3.8, 4) is 5.75 Å². The van der Waals surface area contributed by atoms with E-state index in [-0.39, 0.29) is 35.4 Å². The van der Waals surface area contributed by atoms with Gasteiger partial charge in [0, 0.05) is 0 Å². The Labute approximate surface area is 168 Å². The summed E-state index contributed by atoms with van der Waals surface area (Å²) >= 11 is 0. The van der Waals surface area contributed by atoms with Crippen LogP contribution in [0.1, 0.15) is 48.0 Å². The highest BCUT2D eigenvalue weighted by molar-refractivity contribution is 5.92. The molecule has 3 nitrogen and oxygen atoms in total. The number of β-lactam (4-membered cyclic amide) rings is 1. The Balaban J connectivity index is 1.75. The van der Waals surface area contributed by atoms with E-state index in [2.05, 4.69) is 0 Å². The quantitative estimate of drug-likeness (QED) is 0.583. The molecule has 3 aromatic rings. The monoisotopic (exact) mass is 393 g/mol. The van der Waals surface area contributed by atoms with Crippen molar-refractivity contribution < 1.29 is 18.7 Å². The smallest absolute Gasteiger partial charge is 0.233 e. The molecular weight excluding hydrogens is 372 g/mol. The van der Waals surface area contributed by atoms with Crippen molar-refractivity contribution in [2.45, 2.75) is 31.3 Å². The Morgan fingerprint density at radius 1 is 0.862 bits per heavy atom. The van der Waals surface area contributed by atoms with Crippen molar-refractivity contribution in [3.05, 3.63) is 101 Å². The molecule has 0 spiro atoms. The van der Waals surface area contributed by atoms with Gasteiger partial charge in [-0.2, -0.15) is 0 Å². The lowest BCUT2D eigenvalue weighted by molar-refractivity contribution is -0.155. The number of rotatable bonds is 5. The third-order valence-corrected chi connectivity index (χ3v) is 5.58. The summed E-state index contributed by atoms with van der Waals surface area (Å²) in [5.41, 5.74) is 2.50. The molecule has 29 heavy (non-hydrogen) atoms. The molecule has 3 atom stereocenters. The number of hydrogen-bond donors (Lipinski definition) is 1. The van der Waals surface area contributed by atoms with Crippen LogP contribution in [0.25, 0.3) is 0 Å². The van der Waals surface area contributed by atoms with Gasteiger partial charge in [0.15, 0.2) is 0 Å². The molecule has 5 heteroatoms. The average Bonchev–Trinajstić information content (AvgIpc) is 2.73. The molecule has 1 aliphatic heterocycles. The minimum atomic E-state index is -0.436. The van der Waals surface area contributed by atoms with Crippen LogP contribution in [0.15, 0.2) is 72.8 Å². The Morgan fingerprint density at radius 3 is 1.93 bits per heavy atom. The third-order valence-electron chi connectivity index (χ3n) is 5.58. The number of amides is 1. The van der Waals surface area contributed by atoms with Crippen LogP contribution in [-0.2, 0) is 4.79 Å². The zero-order valence-electron chi connectivity index (χ0n) is 15.9. The number of carbonyl (C=O) groups is 1. The number of nitrogens with zero attached hydrogens (tertiary/aromatic N) is 1. The van der Waals surface area contributed by atoms with Crippen LogP contribution in [0.3, 0.4) is 0 Å².